The minimum Gasteiger partial charge on any atom is -0.441 e. The second-order valence-corrected chi connectivity index (χ2v) is 8.62. The van der Waals surface area contributed by atoms with Crippen molar-refractivity contribution in [1.82, 2.24) is 29.3 Å². The average Bonchev–Trinajstić information content (AvgIpc) is 3.47. The van der Waals surface area contributed by atoms with Crippen molar-refractivity contribution < 1.29 is 24.5 Å². The molecule has 0 aliphatic carbocycles. The van der Waals surface area contributed by atoms with Gasteiger partial charge in [0.15, 0.2) is 0 Å². The predicted molar refractivity (Wildman–Crippen MR) is 126 cm³/mol. The zero-order valence-corrected chi connectivity index (χ0v) is 21.2. The molecular formula is C26H21FIrN6-2. The molecule has 6 nitrogen and oxygen atoms in total. The van der Waals surface area contributed by atoms with E-state index in [-0.39, 0.29) is 31.3 Å². The molecule has 0 unspecified atom stereocenters. The maximum Gasteiger partial charge on any atom is 0.102 e. The van der Waals surface area contributed by atoms with E-state index in [2.05, 4.69) is 46.2 Å². The van der Waals surface area contributed by atoms with E-state index in [1.54, 1.807) is 18.6 Å². The van der Waals surface area contributed by atoms with Gasteiger partial charge in [0.05, 0.1) is 22.4 Å². The van der Waals surface area contributed by atoms with Gasteiger partial charge >= 0.3 is 0 Å². The van der Waals surface area contributed by atoms with Gasteiger partial charge < -0.3 is 14.4 Å². The molecule has 4 heterocycles. The molecule has 4 aromatic heterocycles. The third-order valence-electron chi connectivity index (χ3n) is 5.13. The van der Waals surface area contributed by atoms with E-state index in [4.69, 9.17) is 9.97 Å². The molecule has 0 spiro atoms. The normalized spacial score (nSPS) is 11.3. The van der Waals surface area contributed by atoms with Crippen molar-refractivity contribution in [3.8, 4) is 11.5 Å². The predicted octanol–water partition coefficient (Wildman–Crippen LogP) is 5.37. The average molecular weight is 629 g/mol. The van der Waals surface area contributed by atoms with Gasteiger partial charge in [0.1, 0.15) is 5.82 Å². The summed E-state index contributed by atoms with van der Waals surface area (Å²) in [5.41, 5.74) is 3.90. The summed E-state index contributed by atoms with van der Waals surface area (Å²) in [6.45, 7) is 6.29. The summed E-state index contributed by atoms with van der Waals surface area (Å²) in [4.78, 5) is 21.5. The molecule has 173 valence electrons. The number of para-hydroxylation sites is 2. The maximum atomic E-state index is 13.6. The van der Waals surface area contributed by atoms with Crippen molar-refractivity contribution in [1.29, 1.82) is 0 Å². The summed E-state index contributed by atoms with van der Waals surface area (Å²) >= 11 is 0. The molecule has 0 saturated carbocycles. The fraction of sp³-hybridized carbons (Fsp3) is 0.154. The third kappa shape index (κ3) is 4.47. The van der Waals surface area contributed by atoms with Crippen molar-refractivity contribution in [2.75, 3.05) is 0 Å². The van der Waals surface area contributed by atoms with Crippen LogP contribution in [0.25, 0.3) is 39.1 Å². The minimum atomic E-state index is -0.333. The van der Waals surface area contributed by atoms with Crippen molar-refractivity contribution in [3.05, 3.63) is 90.9 Å². The molecule has 8 heteroatoms. The van der Waals surface area contributed by atoms with Gasteiger partial charge in [-0.25, -0.2) is 0 Å². The Morgan fingerprint density at radius 3 is 2.44 bits per heavy atom. The number of pyridine rings is 1. The zero-order chi connectivity index (χ0) is 23.0. The van der Waals surface area contributed by atoms with E-state index in [1.807, 2.05) is 42.5 Å². The first-order chi connectivity index (χ1) is 15.9. The van der Waals surface area contributed by atoms with Crippen LogP contribution in [0.15, 0.2) is 73.2 Å². The fourth-order valence-corrected chi connectivity index (χ4v) is 3.67. The summed E-state index contributed by atoms with van der Waals surface area (Å²) in [6, 6.07) is 19.4. The Bertz CT molecular complexity index is 1550. The van der Waals surface area contributed by atoms with Gasteiger partial charge in [-0.2, -0.15) is 0 Å². The van der Waals surface area contributed by atoms with Gasteiger partial charge in [-0.15, -0.1) is 12.1 Å². The van der Waals surface area contributed by atoms with Crippen LogP contribution in [0.2, 0.25) is 0 Å². The van der Waals surface area contributed by atoms with Crippen LogP contribution in [0, 0.1) is 11.9 Å². The number of benzene rings is 2. The van der Waals surface area contributed by atoms with Gasteiger partial charge in [0, 0.05) is 37.5 Å². The van der Waals surface area contributed by atoms with Crippen LogP contribution in [-0.4, -0.2) is 24.3 Å². The van der Waals surface area contributed by atoms with Gasteiger partial charge in [0.25, 0.3) is 0 Å². The molecule has 0 amide bonds. The molecule has 6 aromatic rings. The minimum absolute atomic E-state index is 0. The Morgan fingerprint density at radius 1 is 0.941 bits per heavy atom. The number of hydrogen-bond donors (Lipinski definition) is 0. The summed E-state index contributed by atoms with van der Waals surface area (Å²) in [6.07, 6.45) is 5.04. The number of imidazole rings is 2. The van der Waals surface area contributed by atoms with Gasteiger partial charge in [-0.05, 0) is 35.6 Å². The van der Waals surface area contributed by atoms with E-state index < -0.39 is 0 Å². The Hall–Kier alpha value is -3.48. The number of hydrogen-bond acceptors (Lipinski definition) is 4. The molecule has 0 saturated heterocycles. The summed E-state index contributed by atoms with van der Waals surface area (Å²) in [5, 5.41) is 0.741. The number of halogens is 1. The molecule has 0 aliphatic heterocycles. The number of nitrogens with zero attached hydrogens (tertiary/aromatic N) is 6. The number of fused-ring (bicyclic) bond motifs is 5. The standard InChI is InChI=1S/C18H15FN3.C8H6N3.Ir/c1-18(2,3)17-21-14-10-11(19)8-9-12(14)16-20-13-6-4-5-7-15(13)22(16)17;1-2-4-9-7(3-1)8-10-5-6-11-8;/h4-8,10H,1-3H3;1-6H;/q2*-1;. The van der Waals surface area contributed by atoms with Crippen molar-refractivity contribution in [2.45, 2.75) is 26.2 Å². The van der Waals surface area contributed by atoms with Crippen LogP contribution in [-0.2, 0) is 25.5 Å². The molecule has 6 rings (SSSR count). The molecule has 0 atom stereocenters. The largest absolute Gasteiger partial charge is 0.441 e. The molecule has 0 aliphatic rings. The first kappa shape index (κ1) is 23.7. The quantitative estimate of drug-likeness (QED) is 0.229. The SMILES string of the molecule is CC(C)(C)c1nc2cc(F)c[c-]c2c2nc3ccccc3n12.[Ir].c1ccc(-c2ncc[n-]2)nc1. The summed E-state index contributed by atoms with van der Waals surface area (Å²) in [7, 11) is 0. The summed E-state index contributed by atoms with van der Waals surface area (Å²) in [5.74, 6) is 1.22. The second kappa shape index (κ2) is 9.41. The van der Waals surface area contributed by atoms with Crippen molar-refractivity contribution in [3.63, 3.8) is 0 Å². The Labute approximate surface area is 209 Å². The number of aromatic nitrogens is 6. The molecule has 0 N–H and O–H groups in total. The molecule has 2 aromatic carbocycles. The van der Waals surface area contributed by atoms with E-state index in [9.17, 15) is 4.39 Å². The number of rotatable bonds is 1. The summed E-state index contributed by atoms with van der Waals surface area (Å²) < 4.78 is 15.6. The van der Waals surface area contributed by atoms with Crippen LogP contribution in [0.1, 0.15) is 26.6 Å². The third-order valence-corrected chi connectivity index (χ3v) is 5.13. The maximum absolute atomic E-state index is 13.6. The van der Waals surface area contributed by atoms with E-state index in [0.717, 1.165) is 33.6 Å². The second-order valence-electron chi connectivity index (χ2n) is 8.62. The topological polar surface area (TPSA) is 70.1 Å². The molecule has 0 bridgehead atoms. The van der Waals surface area contributed by atoms with Crippen LogP contribution in [0.4, 0.5) is 4.39 Å². The van der Waals surface area contributed by atoms with E-state index in [0.29, 0.717) is 11.3 Å². The molecule has 34 heavy (non-hydrogen) atoms. The van der Waals surface area contributed by atoms with Crippen molar-refractivity contribution >= 4 is 27.6 Å². The van der Waals surface area contributed by atoms with Crippen LogP contribution in [0.3, 0.4) is 0 Å². The first-order valence-electron chi connectivity index (χ1n) is 10.6. The molecule has 1 radical (unpaired) electrons. The van der Waals surface area contributed by atoms with E-state index >= 15 is 0 Å². The van der Waals surface area contributed by atoms with Crippen LogP contribution in [0.5, 0.6) is 0 Å². The van der Waals surface area contributed by atoms with Crippen LogP contribution < -0.4 is 4.98 Å². The van der Waals surface area contributed by atoms with Crippen LogP contribution >= 0.6 is 0 Å². The van der Waals surface area contributed by atoms with Gasteiger partial charge in [-0.1, -0.05) is 62.8 Å². The first-order valence-corrected chi connectivity index (χ1v) is 10.6. The zero-order valence-electron chi connectivity index (χ0n) is 18.8. The molecular weight excluding hydrogens is 608 g/mol. The van der Waals surface area contributed by atoms with Crippen molar-refractivity contribution in [2.24, 2.45) is 0 Å². The smallest absolute Gasteiger partial charge is 0.102 e. The Balaban J connectivity index is 0.000000193. The Morgan fingerprint density at radius 2 is 1.74 bits per heavy atom. The van der Waals surface area contributed by atoms with Gasteiger partial charge in [0.2, 0.25) is 0 Å². The van der Waals surface area contributed by atoms with Gasteiger partial charge in [-0.3, -0.25) is 19.3 Å². The Kier molecular flexibility index (Phi) is 6.55. The molecule has 0 fully saturated rings. The fourth-order valence-electron chi connectivity index (χ4n) is 3.67. The monoisotopic (exact) mass is 629 g/mol. The van der Waals surface area contributed by atoms with E-state index in [1.165, 1.54) is 12.1 Å².